The molecular formula is C24H18FN3OS2. The zero-order valence-electron chi connectivity index (χ0n) is 16.6. The van der Waals surface area contributed by atoms with Crippen LogP contribution in [0.15, 0.2) is 65.0 Å². The maximum atomic E-state index is 13.3. The fraction of sp³-hybridized carbons (Fsp3) is 0.125. The first kappa shape index (κ1) is 19.9. The maximum Gasteiger partial charge on any atom is 0.186 e. The summed E-state index contributed by atoms with van der Waals surface area (Å²) in [6, 6.07) is 14.6. The highest BCUT2D eigenvalue weighted by molar-refractivity contribution is 8.19. The lowest BCUT2D eigenvalue weighted by Crippen LogP contribution is -2.11. The Morgan fingerprint density at radius 3 is 2.71 bits per heavy atom. The predicted molar refractivity (Wildman–Crippen MR) is 125 cm³/mol. The van der Waals surface area contributed by atoms with Crippen LogP contribution in [0.3, 0.4) is 0 Å². The highest BCUT2D eigenvalue weighted by Gasteiger charge is 2.38. The number of thiazole rings is 1. The first-order valence-corrected chi connectivity index (χ1v) is 11.5. The summed E-state index contributed by atoms with van der Waals surface area (Å²) in [5.74, 6) is -0.916. The lowest BCUT2D eigenvalue weighted by atomic mass is 10.0. The number of hydrogen-bond donors (Lipinski definition) is 1. The van der Waals surface area contributed by atoms with Crippen molar-refractivity contribution in [2.75, 3.05) is 0 Å². The lowest BCUT2D eigenvalue weighted by molar-refractivity contribution is -0.114. The molecule has 5 rings (SSSR count). The van der Waals surface area contributed by atoms with Gasteiger partial charge in [-0.15, -0.1) is 11.3 Å². The molecule has 0 amide bonds. The highest BCUT2D eigenvalue weighted by atomic mass is 32.2. The number of nitrogens with zero attached hydrogens (tertiary/aromatic N) is 2. The van der Waals surface area contributed by atoms with Gasteiger partial charge in [0.05, 0.1) is 9.95 Å². The molecule has 0 spiro atoms. The van der Waals surface area contributed by atoms with Gasteiger partial charge in [-0.05, 0) is 36.8 Å². The van der Waals surface area contributed by atoms with Crippen molar-refractivity contribution < 1.29 is 9.18 Å². The third-order valence-electron chi connectivity index (χ3n) is 5.49. The molecule has 1 N–H and O–H groups in total. The Balaban J connectivity index is 1.58. The smallest absolute Gasteiger partial charge is 0.186 e. The van der Waals surface area contributed by atoms with Crippen molar-refractivity contribution in [2.24, 2.45) is 0 Å². The molecule has 2 aromatic heterocycles. The summed E-state index contributed by atoms with van der Waals surface area (Å²) in [6.07, 6.45) is 3.58. The molecule has 4 nitrogen and oxygen atoms in total. The van der Waals surface area contributed by atoms with Gasteiger partial charge in [0, 0.05) is 40.3 Å². The molecule has 31 heavy (non-hydrogen) atoms. The van der Waals surface area contributed by atoms with Crippen molar-refractivity contribution in [1.29, 1.82) is 5.41 Å². The molecule has 1 aliphatic heterocycles. The van der Waals surface area contributed by atoms with Crippen LogP contribution in [0.25, 0.3) is 17.0 Å². The molecule has 2 aromatic carbocycles. The van der Waals surface area contributed by atoms with Gasteiger partial charge in [0.1, 0.15) is 16.7 Å². The van der Waals surface area contributed by atoms with Crippen molar-refractivity contribution in [3.8, 4) is 0 Å². The monoisotopic (exact) mass is 447 g/mol. The average molecular weight is 448 g/mol. The van der Waals surface area contributed by atoms with Gasteiger partial charge in [0.25, 0.3) is 0 Å². The molecule has 3 heterocycles. The van der Waals surface area contributed by atoms with E-state index < -0.39 is 5.92 Å². The number of carbonyl (C=O) groups excluding carboxylic acids is 1. The summed E-state index contributed by atoms with van der Waals surface area (Å²) in [5.41, 5.74) is 4.05. The number of aromatic nitrogens is 2. The Hall–Kier alpha value is -3.03. The fourth-order valence-corrected chi connectivity index (χ4v) is 5.73. The largest absolute Gasteiger partial charge is 0.340 e. The molecule has 1 fully saturated rings. The summed E-state index contributed by atoms with van der Waals surface area (Å²) in [4.78, 5) is 17.9. The van der Waals surface area contributed by atoms with E-state index in [0.717, 1.165) is 27.7 Å². The van der Waals surface area contributed by atoms with E-state index in [0.29, 0.717) is 21.5 Å². The number of rotatable bonds is 4. The standard InChI is InChI=1S/C24H18FN3OS2/c1-14-18(12-20-22(29)21(23(26)31-20)24-27-10-11-30-24)17-4-2-3-5-19(17)28(14)13-15-6-8-16(25)9-7-15/h2-12,21,26H,13H2,1H3. The molecule has 1 aliphatic rings. The molecule has 0 radical (unpaired) electrons. The number of para-hydroxylation sites is 1. The summed E-state index contributed by atoms with van der Waals surface area (Å²) in [5, 5.41) is 12.2. The second-order valence-electron chi connectivity index (χ2n) is 7.37. The van der Waals surface area contributed by atoms with E-state index in [2.05, 4.69) is 15.6 Å². The van der Waals surface area contributed by atoms with E-state index >= 15 is 0 Å². The minimum absolute atomic E-state index is 0.0697. The number of fused-ring (bicyclic) bond motifs is 1. The number of nitrogens with one attached hydrogen (secondary N) is 1. The summed E-state index contributed by atoms with van der Waals surface area (Å²) < 4.78 is 15.5. The van der Waals surface area contributed by atoms with Crippen LogP contribution in [0.1, 0.15) is 27.7 Å². The normalized spacial score (nSPS) is 17.9. The Bertz CT molecular complexity index is 1340. The van der Waals surface area contributed by atoms with Crippen LogP contribution in [0, 0.1) is 18.2 Å². The lowest BCUT2D eigenvalue weighted by Gasteiger charge is -2.09. The number of allylic oxidation sites excluding steroid dienone is 1. The highest BCUT2D eigenvalue weighted by Crippen LogP contribution is 2.42. The van der Waals surface area contributed by atoms with E-state index in [-0.39, 0.29) is 11.6 Å². The van der Waals surface area contributed by atoms with E-state index in [1.165, 1.54) is 35.2 Å². The summed E-state index contributed by atoms with van der Waals surface area (Å²) >= 11 is 2.62. The van der Waals surface area contributed by atoms with Crippen molar-refractivity contribution in [3.05, 3.63) is 92.7 Å². The third-order valence-corrected chi connectivity index (χ3v) is 7.33. The van der Waals surface area contributed by atoms with Crippen molar-refractivity contribution in [2.45, 2.75) is 19.4 Å². The van der Waals surface area contributed by atoms with Crippen LogP contribution in [-0.4, -0.2) is 20.4 Å². The first-order chi connectivity index (χ1) is 15.0. The van der Waals surface area contributed by atoms with Gasteiger partial charge in [0.2, 0.25) is 0 Å². The van der Waals surface area contributed by atoms with Crippen LogP contribution in [0.4, 0.5) is 4.39 Å². The van der Waals surface area contributed by atoms with Crippen LogP contribution < -0.4 is 0 Å². The Labute approximate surface area is 187 Å². The average Bonchev–Trinajstić information content (AvgIpc) is 3.44. The van der Waals surface area contributed by atoms with Crippen LogP contribution >= 0.6 is 23.1 Å². The molecule has 154 valence electrons. The predicted octanol–water partition coefficient (Wildman–Crippen LogP) is 6.01. The molecule has 0 bridgehead atoms. The minimum atomic E-state index is -0.593. The molecule has 7 heteroatoms. The maximum absolute atomic E-state index is 13.3. The number of Topliss-reactive ketones (excluding diaryl/α,β-unsaturated/α-hetero) is 1. The van der Waals surface area contributed by atoms with Crippen LogP contribution in [0.2, 0.25) is 0 Å². The molecular weight excluding hydrogens is 429 g/mol. The molecule has 1 saturated heterocycles. The van der Waals surface area contributed by atoms with E-state index in [4.69, 9.17) is 5.41 Å². The SMILES string of the molecule is Cc1c(C=C2SC(=N)C(c3nccs3)C2=O)c2ccccc2n1Cc1ccc(F)cc1. The Kier molecular flexibility index (Phi) is 5.08. The van der Waals surface area contributed by atoms with Gasteiger partial charge in [-0.3, -0.25) is 10.2 Å². The van der Waals surface area contributed by atoms with Gasteiger partial charge in [0.15, 0.2) is 5.78 Å². The first-order valence-electron chi connectivity index (χ1n) is 9.77. The van der Waals surface area contributed by atoms with Crippen molar-refractivity contribution >= 4 is 50.9 Å². The number of ketones is 1. The zero-order chi connectivity index (χ0) is 21.5. The molecule has 0 aliphatic carbocycles. The van der Waals surface area contributed by atoms with E-state index in [1.807, 2.05) is 36.6 Å². The molecule has 1 unspecified atom stereocenters. The third kappa shape index (κ3) is 3.54. The number of carbonyl (C=O) groups is 1. The van der Waals surface area contributed by atoms with Gasteiger partial charge in [-0.25, -0.2) is 9.37 Å². The van der Waals surface area contributed by atoms with E-state index in [9.17, 15) is 9.18 Å². The quantitative estimate of drug-likeness (QED) is 0.390. The molecule has 1 atom stereocenters. The molecule has 4 aromatic rings. The van der Waals surface area contributed by atoms with E-state index in [1.54, 1.807) is 18.3 Å². The van der Waals surface area contributed by atoms with Crippen molar-refractivity contribution in [1.82, 2.24) is 9.55 Å². The fourth-order valence-electron chi connectivity index (χ4n) is 3.94. The minimum Gasteiger partial charge on any atom is -0.340 e. The topological polar surface area (TPSA) is 58.7 Å². The molecule has 0 saturated carbocycles. The number of benzene rings is 2. The van der Waals surface area contributed by atoms with Gasteiger partial charge >= 0.3 is 0 Å². The van der Waals surface area contributed by atoms with Crippen molar-refractivity contribution in [3.63, 3.8) is 0 Å². The number of thioether (sulfide) groups is 1. The summed E-state index contributed by atoms with van der Waals surface area (Å²) in [7, 11) is 0. The number of hydrogen-bond acceptors (Lipinski definition) is 5. The zero-order valence-corrected chi connectivity index (χ0v) is 18.3. The van der Waals surface area contributed by atoms with Crippen LogP contribution in [-0.2, 0) is 11.3 Å². The second kappa shape index (κ2) is 7.90. The Morgan fingerprint density at radius 1 is 1.19 bits per heavy atom. The number of halogens is 1. The van der Waals surface area contributed by atoms with Gasteiger partial charge in [-0.1, -0.05) is 42.1 Å². The van der Waals surface area contributed by atoms with Gasteiger partial charge in [-0.2, -0.15) is 0 Å². The summed E-state index contributed by atoms with van der Waals surface area (Å²) in [6.45, 7) is 2.64. The van der Waals surface area contributed by atoms with Crippen LogP contribution in [0.5, 0.6) is 0 Å². The Morgan fingerprint density at radius 2 is 1.97 bits per heavy atom. The van der Waals surface area contributed by atoms with Gasteiger partial charge < -0.3 is 4.57 Å². The second-order valence-corrected chi connectivity index (χ2v) is 9.38.